The molecule has 2 atom stereocenters. The summed E-state index contributed by atoms with van der Waals surface area (Å²) >= 11 is 0. The van der Waals surface area contributed by atoms with Gasteiger partial charge in [-0.3, -0.25) is 0 Å². The van der Waals surface area contributed by atoms with E-state index in [1.807, 2.05) is 13.0 Å². The number of imide groups is 1. The molecule has 3 amide bonds. The predicted molar refractivity (Wildman–Crippen MR) is 135 cm³/mol. The van der Waals surface area contributed by atoms with E-state index in [1.54, 1.807) is 68.4 Å². The fourth-order valence-corrected chi connectivity index (χ4v) is 3.61. The molecule has 10 heteroatoms. The van der Waals surface area contributed by atoms with Crippen LogP contribution in [0.15, 0.2) is 12.1 Å². The number of β-amino-alcohol motifs (C(OH)–C–C–N with tert-alkyl or cyclic N) is 1. The van der Waals surface area contributed by atoms with Crippen molar-refractivity contribution in [1.29, 1.82) is 0 Å². The maximum Gasteiger partial charge on any atom is 0.425 e. The number of aliphatic hydroxyl groups is 1. The lowest BCUT2D eigenvalue weighted by Gasteiger charge is -2.28. The van der Waals surface area contributed by atoms with Crippen LogP contribution in [0.3, 0.4) is 0 Å². The topological polar surface area (TPSA) is 119 Å². The van der Waals surface area contributed by atoms with Gasteiger partial charge in [-0.05, 0) is 93.4 Å². The third kappa shape index (κ3) is 8.96. The van der Waals surface area contributed by atoms with Gasteiger partial charge in [0, 0.05) is 18.2 Å². The van der Waals surface area contributed by atoms with Gasteiger partial charge in [0.25, 0.3) is 0 Å². The normalized spacial score (nSPS) is 18.6. The minimum atomic E-state index is -0.905. The molecule has 1 aromatic rings. The summed E-state index contributed by atoms with van der Waals surface area (Å²) in [7, 11) is 0. The summed E-state index contributed by atoms with van der Waals surface area (Å²) in [6, 6.07) is 3.41. The number of anilines is 1. The van der Waals surface area contributed by atoms with Gasteiger partial charge < -0.3 is 24.2 Å². The zero-order chi connectivity index (χ0) is 27.6. The van der Waals surface area contributed by atoms with E-state index in [-0.39, 0.29) is 18.3 Å². The number of likely N-dealkylation sites (tertiary alicyclic amines) is 1. The van der Waals surface area contributed by atoms with E-state index in [0.717, 1.165) is 10.5 Å². The average Bonchev–Trinajstić information content (AvgIpc) is 2.97. The molecule has 36 heavy (non-hydrogen) atoms. The van der Waals surface area contributed by atoms with E-state index in [4.69, 9.17) is 14.2 Å². The Kier molecular flexibility index (Phi) is 8.66. The first-order valence-corrected chi connectivity index (χ1v) is 12.1. The molecule has 0 saturated carbocycles. The fourth-order valence-electron chi connectivity index (χ4n) is 3.61. The van der Waals surface area contributed by atoms with Crippen LogP contribution in [-0.2, 0) is 20.6 Å². The summed E-state index contributed by atoms with van der Waals surface area (Å²) in [5.41, 5.74) is -1.02. The van der Waals surface area contributed by atoms with Gasteiger partial charge in [0.1, 0.15) is 22.6 Å². The molecule has 1 aromatic heterocycles. The Morgan fingerprint density at radius 2 is 1.42 bits per heavy atom. The Hall–Kier alpha value is -2.88. The Morgan fingerprint density at radius 1 is 0.917 bits per heavy atom. The van der Waals surface area contributed by atoms with Crippen molar-refractivity contribution in [3.63, 3.8) is 0 Å². The van der Waals surface area contributed by atoms with Crippen molar-refractivity contribution in [3.05, 3.63) is 23.4 Å². The van der Waals surface area contributed by atoms with Gasteiger partial charge in [0.05, 0.1) is 12.6 Å². The van der Waals surface area contributed by atoms with Crippen LogP contribution < -0.4 is 4.90 Å². The Labute approximate surface area is 213 Å². The second-order valence-corrected chi connectivity index (χ2v) is 12.2. The van der Waals surface area contributed by atoms with Crippen LogP contribution in [0.5, 0.6) is 0 Å². The minimum absolute atomic E-state index is 0.0602. The first-order chi connectivity index (χ1) is 16.2. The number of aryl methyl sites for hydroxylation is 1. The molecular weight excluding hydrogens is 466 g/mol. The number of ether oxygens (including phenoxy) is 3. The van der Waals surface area contributed by atoms with Gasteiger partial charge in [-0.15, -0.1) is 0 Å². The number of hydrogen-bond donors (Lipinski definition) is 1. The summed E-state index contributed by atoms with van der Waals surface area (Å²) in [6.45, 7) is 17.8. The highest BCUT2D eigenvalue weighted by Gasteiger charge is 2.37. The van der Waals surface area contributed by atoms with Crippen LogP contribution in [0.25, 0.3) is 0 Å². The van der Waals surface area contributed by atoms with Crippen molar-refractivity contribution >= 4 is 24.1 Å². The van der Waals surface area contributed by atoms with Crippen LogP contribution in [-0.4, -0.2) is 69.3 Å². The van der Waals surface area contributed by atoms with E-state index in [9.17, 15) is 19.5 Å². The molecular formula is C26H41N3O7. The van der Waals surface area contributed by atoms with Gasteiger partial charge in [0.2, 0.25) is 0 Å². The maximum absolute atomic E-state index is 13.0. The van der Waals surface area contributed by atoms with Crippen molar-refractivity contribution < 1.29 is 33.7 Å². The van der Waals surface area contributed by atoms with Crippen LogP contribution >= 0.6 is 0 Å². The zero-order valence-electron chi connectivity index (χ0n) is 23.2. The molecule has 10 nitrogen and oxygen atoms in total. The number of amides is 3. The van der Waals surface area contributed by atoms with E-state index in [2.05, 4.69) is 4.98 Å². The highest BCUT2D eigenvalue weighted by molar-refractivity contribution is 6.08. The molecule has 1 N–H and O–H groups in total. The average molecular weight is 508 g/mol. The van der Waals surface area contributed by atoms with E-state index >= 15 is 0 Å². The van der Waals surface area contributed by atoms with Crippen LogP contribution in [0.2, 0.25) is 0 Å². The predicted octanol–water partition coefficient (Wildman–Crippen LogP) is 4.84. The highest BCUT2D eigenvalue weighted by Crippen LogP contribution is 2.26. The monoisotopic (exact) mass is 507 g/mol. The second-order valence-electron chi connectivity index (χ2n) is 12.2. The number of carbonyl (C=O) groups is 3. The lowest BCUT2D eigenvalue weighted by atomic mass is 9.99. The molecule has 2 heterocycles. The summed E-state index contributed by atoms with van der Waals surface area (Å²) in [6.07, 6.45) is -2.74. The first kappa shape index (κ1) is 29.4. The van der Waals surface area contributed by atoms with Gasteiger partial charge in [-0.2, -0.15) is 4.90 Å². The summed E-state index contributed by atoms with van der Waals surface area (Å²) < 4.78 is 16.3. The third-order valence-corrected chi connectivity index (χ3v) is 4.92. The van der Waals surface area contributed by atoms with Crippen LogP contribution in [0, 0.1) is 12.8 Å². The summed E-state index contributed by atoms with van der Waals surface area (Å²) in [5.74, 6) is -0.235. The minimum Gasteiger partial charge on any atom is -0.444 e. The standard InChI is InChI=1S/C26H41N3O7/c1-16-11-18(13-17-14-28(15-19(17)30)21(31)34-24(2,3)4)27-20(12-16)29(22(32)35-25(5,6)7)23(33)36-26(8,9)10/h11-12,17,19,30H,13-15H2,1-10H3/t17-,19+/m1/s1. The number of nitrogens with zero attached hydrogens (tertiary/aromatic N) is 3. The van der Waals surface area contributed by atoms with E-state index in [1.165, 1.54) is 4.90 Å². The van der Waals surface area contributed by atoms with Crippen LogP contribution in [0.1, 0.15) is 73.6 Å². The molecule has 0 aromatic carbocycles. The smallest absolute Gasteiger partial charge is 0.425 e. The fraction of sp³-hybridized carbons (Fsp3) is 0.692. The van der Waals surface area contributed by atoms with E-state index < -0.39 is 41.2 Å². The van der Waals surface area contributed by atoms with Crippen molar-refractivity contribution in [2.75, 3.05) is 18.0 Å². The van der Waals surface area contributed by atoms with Crippen molar-refractivity contribution in [2.24, 2.45) is 5.92 Å². The van der Waals surface area contributed by atoms with Gasteiger partial charge in [-0.1, -0.05) is 0 Å². The number of pyridine rings is 1. The van der Waals surface area contributed by atoms with Crippen LogP contribution in [0.4, 0.5) is 20.2 Å². The molecule has 0 aliphatic carbocycles. The Morgan fingerprint density at radius 3 is 1.89 bits per heavy atom. The molecule has 2 rings (SSSR count). The molecule has 0 radical (unpaired) electrons. The van der Waals surface area contributed by atoms with E-state index in [0.29, 0.717) is 18.7 Å². The number of aromatic nitrogens is 1. The first-order valence-electron chi connectivity index (χ1n) is 12.1. The van der Waals surface area contributed by atoms with Crippen molar-refractivity contribution in [3.8, 4) is 0 Å². The van der Waals surface area contributed by atoms with Gasteiger partial charge in [-0.25, -0.2) is 19.4 Å². The second kappa shape index (κ2) is 10.6. The van der Waals surface area contributed by atoms with Crippen molar-refractivity contribution in [1.82, 2.24) is 9.88 Å². The Balaban J connectivity index is 2.31. The number of aliphatic hydroxyl groups excluding tert-OH is 1. The number of hydrogen-bond acceptors (Lipinski definition) is 8. The number of carbonyl (C=O) groups excluding carboxylic acids is 3. The molecule has 0 bridgehead atoms. The zero-order valence-corrected chi connectivity index (χ0v) is 23.2. The molecule has 1 aliphatic heterocycles. The van der Waals surface area contributed by atoms with Crippen molar-refractivity contribution in [2.45, 2.75) is 98.6 Å². The van der Waals surface area contributed by atoms with Gasteiger partial charge in [0.15, 0.2) is 0 Å². The Bertz CT molecular complexity index is 945. The molecule has 202 valence electrons. The number of rotatable bonds is 3. The molecule has 1 fully saturated rings. The maximum atomic E-state index is 13.0. The summed E-state index contributed by atoms with van der Waals surface area (Å²) in [5, 5.41) is 10.6. The lowest BCUT2D eigenvalue weighted by Crippen LogP contribution is -2.44. The largest absolute Gasteiger partial charge is 0.444 e. The molecule has 1 aliphatic rings. The molecule has 1 saturated heterocycles. The molecule has 0 unspecified atom stereocenters. The quantitative estimate of drug-likeness (QED) is 0.578. The highest BCUT2D eigenvalue weighted by atomic mass is 16.6. The summed E-state index contributed by atoms with van der Waals surface area (Å²) in [4.78, 5) is 45.3. The molecule has 0 spiro atoms. The third-order valence-electron chi connectivity index (χ3n) is 4.92. The SMILES string of the molecule is Cc1cc(C[C@@H]2CN(C(=O)OC(C)(C)C)C[C@@H]2O)nc(N(C(=O)OC(C)(C)C)C(=O)OC(C)(C)C)c1. The lowest BCUT2D eigenvalue weighted by molar-refractivity contribution is 0.0268. The van der Waals surface area contributed by atoms with Gasteiger partial charge >= 0.3 is 18.3 Å².